The zero-order valence-corrected chi connectivity index (χ0v) is 11.1. The highest BCUT2D eigenvalue weighted by atomic mass is 16.4. The molecule has 1 atom stereocenters. The molecule has 0 fully saturated rings. The van der Waals surface area contributed by atoms with Gasteiger partial charge in [0.1, 0.15) is 6.54 Å². The summed E-state index contributed by atoms with van der Waals surface area (Å²) in [4.78, 5) is 25.4. The van der Waals surface area contributed by atoms with Crippen LogP contribution in [0.3, 0.4) is 0 Å². The summed E-state index contributed by atoms with van der Waals surface area (Å²) in [5.74, 6) is -1.06. The van der Waals surface area contributed by atoms with Crippen molar-refractivity contribution in [2.45, 2.75) is 39.3 Å². The molecule has 0 heterocycles. The average molecular weight is 246 g/mol. The molecule has 0 aromatic rings. The molecule has 2 amide bonds. The molecule has 0 aliphatic carbocycles. The Balaban J connectivity index is 4.81. The van der Waals surface area contributed by atoms with Crippen LogP contribution in [0.15, 0.2) is 0 Å². The molecule has 0 aromatic carbocycles. The van der Waals surface area contributed by atoms with Crippen LogP contribution in [0.25, 0.3) is 0 Å². The van der Waals surface area contributed by atoms with Crippen LogP contribution < -0.4 is 0 Å². The third-order valence-electron chi connectivity index (χ3n) is 2.20. The van der Waals surface area contributed by atoms with Crippen molar-refractivity contribution in [1.29, 1.82) is 0 Å². The number of aliphatic hydroxyl groups excluding tert-OH is 1. The Morgan fingerprint density at radius 2 is 1.76 bits per heavy atom. The first-order chi connectivity index (χ1) is 7.55. The topological polar surface area (TPSA) is 81.1 Å². The van der Waals surface area contributed by atoms with Gasteiger partial charge in [0.2, 0.25) is 0 Å². The normalized spacial score (nSPS) is 13.1. The van der Waals surface area contributed by atoms with Gasteiger partial charge in [0, 0.05) is 19.1 Å². The van der Waals surface area contributed by atoms with Crippen LogP contribution in [0.1, 0.15) is 27.7 Å². The van der Waals surface area contributed by atoms with Crippen LogP contribution in [-0.4, -0.2) is 63.8 Å². The molecule has 0 bridgehead atoms. The van der Waals surface area contributed by atoms with E-state index >= 15 is 0 Å². The molecule has 6 nitrogen and oxygen atoms in total. The Morgan fingerprint density at radius 1 is 1.29 bits per heavy atom. The monoisotopic (exact) mass is 246 g/mol. The molecule has 0 spiro atoms. The number of nitrogens with zero attached hydrogens (tertiary/aromatic N) is 2. The van der Waals surface area contributed by atoms with Gasteiger partial charge in [-0.2, -0.15) is 0 Å². The third-order valence-corrected chi connectivity index (χ3v) is 2.20. The van der Waals surface area contributed by atoms with E-state index in [-0.39, 0.29) is 13.1 Å². The van der Waals surface area contributed by atoms with Crippen molar-refractivity contribution < 1.29 is 19.8 Å². The predicted molar refractivity (Wildman–Crippen MR) is 63.8 cm³/mol. The number of amides is 2. The third kappa shape index (κ3) is 5.53. The van der Waals surface area contributed by atoms with Crippen molar-refractivity contribution in [3.63, 3.8) is 0 Å². The lowest BCUT2D eigenvalue weighted by Crippen LogP contribution is -2.53. The number of hydrogen-bond acceptors (Lipinski definition) is 3. The van der Waals surface area contributed by atoms with Gasteiger partial charge < -0.3 is 20.0 Å². The molecule has 0 aliphatic rings. The molecule has 0 rings (SSSR count). The van der Waals surface area contributed by atoms with Crippen LogP contribution >= 0.6 is 0 Å². The highest BCUT2D eigenvalue weighted by Crippen LogP contribution is 2.15. The van der Waals surface area contributed by atoms with Gasteiger partial charge in [-0.05, 0) is 27.7 Å². The lowest BCUT2D eigenvalue weighted by molar-refractivity contribution is -0.138. The van der Waals surface area contributed by atoms with Gasteiger partial charge in [-0.25, -0.2) is 4.79 Å². The van der Waals surface area contributed by atoms with E-state index < -0.39 is 23.6 Å². The van der Waals surface area contributed by atoms with E-state index in [9.17, 15) is 14.7 Å². The largest absolute Gasteiger partial charge is 0.480 e. The zero-order chi connectivity index (χ0) is 13.8. The maximum absolute atomic E-state index is 12.0. The summed E-state index contributed by atoms with van der Waals surface area (Å²) >= 11 is 0. The molecular weight excluding hydrogens is 224 g/mol. The molecule has 1 unspecified atom stereocenters. The Labute approximate surface area is 102 Å². The van der Waals surface area contributed by atoms with E-state index in [0.29, 0.717) is 0 Å². The SMILES string of the molecule is CC(O)CN(C)C(=O)N(CC(=O)O)C(C)(C)C. The first-order valence-electron chi connectivity index (χ1n) is 5.48. The molecule has 17 heavy (non-hydrogen) atoms. The van der Waals surface area contributed by atoms with Crippen LogP contribution in [0.4, 0.5) is 4.79 Å². The number of carbonyl (C=O) groups excluding carboxylic acids is 1. The number of rotatable bonds is 4. The summed E-state index contributed by atoms with van der Waals surface area (Å²) in [5.41, 5.74) is -0.581. The van der Waals surface area contributed by atoms with Crippen molar-refractivity contribution in [1.82, 2.24) is 9.80 Å². The van der Waals surface area contributed by atoms with Gasteiger partial charge >= 0.3 is 12.0 Å². The Kier molecular flexibility index (Phi) is 5.41. The van der Waals surface area contributed by atoms with Gasteiger partial charge in [-0.15, -0.1) is 0 Å². The van der Waals surface area contributed by atoms with Crippen molar-refractivity contribution in [3.8, 4) is 0 Å². The number of carboxylic acid groups (broad SMARTS) is 1. The molecule has 0 saturated carbocycles. The van der Waals surface area contributed by atoms with Gasteiger partial charge in [0.05, 0.1) is 6.10 Å². The summed E-state index contributed by atoms with van der Waals surface area (Å²) in [7, 11) is 1.54. The number of urea groups is 1. The summed E-state index contributed by atoms with van der Waals surface area (Å²) in [6.07, 6.45) is -0.643. The Morgan fingerprint density at radius 3 is 2.06 bits per heavy atom. The van der Waals surface area contributed by atoms with Crippen LogP contribution in [-0.2, 0) is 4.79 Å². The molecule has 100 valence electrons. The summed E-state index contributed by atoms with van der Waals surface area (Å²) in [6, 6.07) is -0.402. The van der Waals surface area contributed by atoms with Crippen molar-refractivity contribution in [2.24, 2.45) is 0 Å². The van der Waals surface area contributed by atoms with Crippen LogP contribution in [0, 0.1) is 0 Å². The van der Waals surface area contributed by atoms with E-state index in [1.165, 1.54) is 16.8 Å². The van der Waals surface area contributed by atoms with E-state index in [1.807, 2.05) is 0 Å². The fourth-order valence-electron chi connectivity index (χ4n) is 1.41. The first kappa shape index (κ1) is 15.7. The minimum absolute atomic E-state index is 0.172. The number of likely N-dealkylation sites (N-methyl/N-ethyl adjacent to an activating group) is 1. The quantitative estimate of drug-likeness (QED) is 0.761. The zero-order valence-electron chi connectivity index (χ0n) is 11.1. The summed E-state index contributed by atoms with van der Waals surface area (Å²) < 4.78 is 0. The van der Waals surface area contributed by atoms with E-state index in [4.69, 9.17) is 5.11 Å². The molecule has 0 aliphatic heterocycles. The first-order valence-corrected chi connectivity index (χ1v) is 5.48. The molecule has 6 heteroatoms. The lowest BCUT2D eigenvalue weighted by atomic mass is 10.1. The average Bonchev–Trinajstić information content (AvgIpc) is 2.09. The van der Waals surface area contributed by atoms with Crippen molar-refractivity contribution >= 4 is 12.0 Å². The Bertz CT molecular complexity index is 284. The number of carbonyl (C=O) groups is 2. The molecule has 0 radical (unpaired) electrons. The van der Waals surface area contributed by atoms with Gasteiger partial charge in [0.15, 0.2) is 0 Å². The fraction of sp³-hybridized carbons (Fsp3) is 0.818. The predicted octanol–water partition coefficient (Wildman–Crippen LogP) is 0.604. The second-order valence-corrected chi connectivity index (χ2v) is 5.16. The second-order valence-electron chi connectivity index (χ2n) is 5.16. The lowest BCUT2D eigenvalue weighted by Gasteiger charge is -2.37. The van der Waals surface area contributed by atoms with E-state index in [2.05, 4.69) is 0 Å². The van der Waals surface area contributed by atoms with Crippen molar-refractivity contribution in [2.75, 3.05) is 20.1 Å². The molecule has 0 aromatic heterocycles. The highest BCUT2D eigenvalue weighted by Gasteiger charge is 2.30. The highest BCUT2D eigenvalue weighted by molar-refractivity contribution is 5.80. The van der Waals surface area contributed by atoms with Gasteiger partial charge in [0.25, 0.3) is 0 Å². The fourth-order valence-corrected chi connectivity index (χ4v) is 1.41. The standard InChI is InChI=1S/C11H22N2O4/c1-8(14)6-12(5)10(17)13(7-9(15)16)11(2,3)4/h8,14H,6-7H2,1-5H3,(H,15,16). The summed E-state index contributed by atoms with van der Waals surface area (Å²) in [5, 5.41) is 18.0. The maximum atomic E-state index is 12.0. The van der Waals surface area contributed by atoms with Crippen LogP contribution in [0.2, 0.25) is 0 Å². The maximum Gasteiger partial charge on any atom is 0.323 e. The van der Waals surface area contributed by atoms with E-state index in [0.717, 1.165) is 0 Å². The number of carboxylic acids is 1. The molecule has 2 N–H and O–H groups in total. The summed E-state index contributed by atoms with van der Waals surface area (Å²) in [6.45, 7) is 6.69. The van der Waals surface area contributed by atoms with Crippen molar-refractivity contribution in [3.05, 3.63) is 0 Å². The minimum Gasteiger partial charge on any atom is -0.480 e. The second kappa shape index (κ2) is 5.86. The molecule has 0 saturated heterocycles. The number of aliphatic hydroxyl groups is 1. The van der Waals surface area contributed by atoms with Gasteiger partial charge in [-0.3, -0.25) is 4.79 Å². The molecular formula is C11H22N2O4. The van der Waals surface area contributed by atoms with E-state index in [1.54, 1.807) is 27.7 Å². The minimum atomic E-state index is -1.06. The number of aliphatic carboxylic acids is 1. The van der Waals surface area contributed by atoms with Gasteiger partial charge in [-0.1, -0.05) is 0 Å². The van der Waals surface area contributed by atoms with Crippen LogP contribution in [0.5, 0.6) is 0 Å². The smallest absolute Gasteiger partial charge is 0.323 e. The number of hydrogen-bond donors (Lipinski definition) is 2. The Hall–Kier alpha value is -1.30.